The Morgan fingerprint density at radius 2 is 1.77 bits per heavy atom. The van der Waals surface area contributed by atoms with Crippen LogP contribution in [0, 0.1) is 0 Å². The van der Waals surface area contributed by atoms with Crippen LogP contribution in [0.2, 0.25) is 10.0 Å². The lowest BCUT2D eigenvalue weighted by Gasteiger charge is -2.27. The third kappa shape index (κ3) is 3.44. The second-order valence-electron chi connectivity index (χ2n) is 5.99. The van der Waals surface area contributed by atoms with Crippen LogP contribution in [-0.4, -0.2) is 25.0 Å². The molecular formula is C18H20Cl3N. The van der Waals surface area contributed by atoms with Crippen molar-refractivity contribution in [1.29, 1.82) is 0 Å². The van der Waals surface area contributed by atoms with Crippen LogP contribution < -0.4 is 0 Å². The highest BCUT2D eigenvalue weighted by Crippen LogP contribution is 2.38. The largest absolute Gasteiger partial charge is 0.305 e. The van der Waals surface area contributed by atoms with E-state index < -0.39 is 0 Å². The third-order valence-electron chi connectivity index (χ3n) is 4.45. The van der Waals surface area contributed by atoms with Gasteiger partial charge in [0.2, 0.25) is 0 Å². The summed E-state index contributed by atoms with van der Waals surface area (Å²) in [7, 11) is 4.33. The van der Waals surface area contributed by atoms with Crippen LogP contribution in [0.4, 0.5) is 0 Å². The molecule has 118 valence electrons. The van der Waals surface area contributed by atoms with Gasteiger partial charge in [-0.05, 0) is 55.8 Å². The monoisotopic (exact) mass is 355 g/mol. The van der Waals surface area contributed by atoms with Crippen LogP contribution in [0.25, 0.3) is 0 Å². The number of likely N-dealkylation sites (N-methyl/N-ethyl adjacent to an activating group) is 1. The molecule has 0 N–H and O–H groups in total. The van der Waals surface area contributed by atoms with Gasteiger partial charge in [-0.25, -0.2) is 0 Å². The molecule has 0 radical (unpaired) electrons. The van der Waals surface area contributed by atoms with E-state index in [2.05, 4.69) is 49.3 Å². The molecule has 0 spiro atoms. The lowest BCUT2D eigenvalue weighted by molar-refractivity contribution is 0.265. The van der Waals surface area contributed by atoms with Crippen LogP contribution in [0.5, 0.6) is 0 Å². The molecular weight excluding hydrogens is 337 g/mol. The summed E-state index contributed by atoms with van der Waals surface area (Å²) in [6.07, 6.45) is 2.12. The lowest BCUT2D eigenvalue weighted by Crippen LogP contribution is -2.32. The van der Waals surface area contributed by atoms with Gasteiger partial charge in [-0.1, -0.05) is 53.5 Å². The summed E-state index contributed by atoms with van der Waals surface area (Å²) in [5.74, 6) is 0.508. The van der Waals surface area contributed by atoms with Gasteiger partial charge in [0.05, 0.1) is 10.0 Å². The SMILES string of the molecule is CN(C)[C@@H]1Cc2ccccc2[C@H]1Cc1ccc(Cl)c(Cl)c1.Cl. The van der Waals surface area contributed by atoms with E-state index in [9.17, 15) is 0 Å². The van der Waals surface area contributed by atoms with Crippen LogP contribution in [-0.2, 0) is 12.8 Å². The minimum absolute atomic E-state index is 0. The van der Waals surface area contributed by atoms with Crippen molar-refractivity contribution in [2.75, 3.05) is 14.1 Å². The third-order valence-corrected chi connectivity index (χ3v) is 5.19. The maximum atomic E-state index is 6.16. The van der Waals surface area contributed by atoms with Crippen molar-refractivity contribution in [1.82, 2.24) is 4.90 Å². The Hall–Kier alpha value is -0.730. The summed E-state index contributed by atoms with van der Waals surface area (Å²) < 4.78 is 0. The lowest BCUT2D eigenvalue weighted by atomic mass is 9.90. The zero-order valence-corrected chi connectivity index (χ0v) is 15.1. The molecule has 3 rings (SSSR count). The van der Waals surface area contributed by atoms with Crippen molar-refractivity contribution in [3.63, 3.8) is 0 Å². The summed E-state index contributed by atoms with van der Waals surface area (Å²) in [6, 6.07) is 15.3. The number of nitrogens with zero attached hydrogens (tertiary/aromatic N) is 1. The molecule has 1 aliphatic carbocycles. The fourth-order valence-electron chi connectivity index (χ4n) is 3.37. The Balaban J connectivity index is 0.00000176. The maximum Gasteiger partial charge on any atom is 0.0595 e. The number of hydrogen-bond acceptors (Lipinski definition) is 1. The number of rotatable bonds is 3. The number of benzene rings is 2. The first-order valence-corrected chi connectivity index (χ1v) is 8.00. The Morgan fingerprint density at radius 1 is 1.05 bits per heavy atom. The van der Waals surface area contributed by atoms with Crippen molar-refractivity contribution >= 4 is 35.6 Å². The van der Waals surface area contributed by atoms with E-state index in [-0.39, 0.29) is 12.4 Å². The maximum absolute atomic E-state index is 6.16. The molecule has 0 fully saturated rings. The number of halogens is 3. The Labute approximate surface area is 148 Å². The van der Waals surface area contributed by atoms with Gasteiger partial charge in [-0.3, -0.25) is 0 Å². The highest BCUT2D eigenvalue weighted by molar-refractivity contribution is 6.42. The summed E-state index contributed by atoms with van der Waals surface area (Å²) in [6.45, 7) is 0. The molecule has 2 aromatic carbocycles. The summed E-state index contributed by atoms with van der Waals surface area (Å²) >= 11 is 12.2. The highest BCUT2D eigenvalue weighted by atomic mass is 35.5. The molecule has 0 heterocycles. The molecule has 0 saturated heterocycles. The molecule has 0 aliphatic heterocycles. The molecule has 0 saturated carbocycles. The first kappa shape index (κ1) is 17.6. The highest BCUT2D eigenvalue weighted by Gasteiger charge is 2.33. The van der Waals surface area contributed by atoms with E-state index in [0.717, 1.165) is 12.8 Å². The Bertz CT molecular complexity index is 655. The molecule has 1 nitrogen and oxygen atoms in total. The Morgan fingerprint density at radius 3 is 2.45 bits per heavy atom. The number of hydrogen-bond donors (Lipinski definition) is 0. The van der Waals surface area contributed by atoms with Gasteiger partial charge in [0.15, 0.2) is 0 Å². The molecule has 0 bridgehead atoms. The molecule has 1 aliphatic rings. The summed E-state index contributed by atoms with van der Waals surface area (Å²) in [4.78, 5) is 2.34. The molecule has 2 aromatic rings. The standard InChI is InChI=1S/C18H19Cl2N.ClH/c1-21(2)18-11-13-5-3-4-6-14(13)15(18)9-12-7-8-16(19)17(20)10-12;/h3-8,10,15,18H,9,11H2,1-2H3;1H/t15-,18-;/m1./s1. The van der Waals surface area contributed by atoms with Crippen molar-refractivity contribution in [2.45, 2.75) is 24.8 Å². The van der Waals surface area contributed by atoms with Crippen molar-refractivity contribution in [3.8, 4) is 0 Å². The first-order chi connectivity index (χ1) is 10.1. The zero-order chi connectivity index (χ0) is 15.0. The van der Waals surface area contributed by atoms with Crippen LogP contribution in [0.3, 0.4) is 0 Å². The fourth-order valence-corrected chi connectivity index (χ4v) is 3.69. The van der Waals surface area contributed by atoms with Crippen LogP contribution >= 0.6 is 35.6 Å². The van der Waals surface area contributed by atoms with E-state index in [4.69, 9.17) is 23.2 Å². The van der Waals surface area contributed by atoms with Crippen molar-refractivity contribution < 1.29 is 0 Å². The van der Waals surface area contributed by atoms with Gasteiger partial charge in [-0.15, -0.1) is 12.4 Å². The normalized spacial score (nSPS) is 19.9. The smallest absolute Gasteiger partial charge is 0.0595 e. The minimum atomic E-state index is 0. The first-order valence-electron chi connectivity index (χ1n) is 7.24. The van der Waals surface area contributed by atoms with Gasteiger partial charge in [-0.2, -0.15) is 0 Å². The average molecular weight is 357 g/mol. The predicted octanol–water partition coefficient (Wildman–Crippen LogP) is 5.23. The molecule has 0 aromatic heterocycles. The quantitative estimate of drug-likeness (QED) is 0.728. The second kappa shape index (κ2) is 7.23. The zero-order valence-electron chi connectivity index (χ0n) is 12.7. The minimum Gasteiger partial charge on any atom is -0.305 e. The Kier molecular flexibility index (Phi) is 5.79. The molecule has 0 unspecified atom stereocenters. The topological polar surface area (TPSA) is 3.24 Å². The summed E-state index contributed by atoms with van der Waals surface area (Å²) in [5, 5.41) is 1.26. The van der Waals surface area contributed by atoms with Crippen LogP contribution in [0.1, 0.15) is 22.6 Å². The fraction of sp³-hybridized carbons (Fsp3) is 0.333. The average Bonchev–Trinajstić information content (AvgIpc) is 2.82. The molecule has 0 amide bonds. The van der Waals surface area contributed by atoms with E-state index in [1.165, 1.54) is 16.7 Å². The van der Waals surface area contributed by atoms with Gasteiger partial charge in [0.25, 0.3) is 0 Å². The van der Waals surface area contributed by atoms with Crippen molar-refractivity contribution in [2.24, 2.45) is 0 Å². The van der Waals surface area contributed by atoms with Crippen LogP contribution in [0.15, 0.2) is 42.5 Å². The molecule has 4 heteroatoms. The van der Waals surface area contributed by atoms with E-state index in [1.807, 2.05) is 12.1 Å². The number of fused-ring (bicyclic) bond motifs is 1. The van der Waals surface area contributed by atoms with Gasteiger partial charge < -0.3 is 4.90 Å². The van der Waals surface area contributed by atoms with E-state index >= 15 is 0 Å². The summed E-state index contributed by atoms with van der Waals surface area (Å²) in [5.41, 5.74) is 4.20. The van der Waals surface area contributed by atoms with Crippen molar-refractivity contribution in [3.05, 3.63) is 69.2 Å². The van der Waals surface area contributed by atoms with E-state index in [1.54, 1.807) is 0 Å². The molecule has 2 atom stereocenters. The van der Waals surface area contributed by atoms with Gasteiger partial charge in [0.1, 0.15) is 0 Å². The second-order valence-corrected chi connectivity index (χ2v) is 6.81. The van der Waals surface area contributed by atoms with Gasteiger partial charge in [0, 0.05) is 12.0 Å². The van der Waals surface area contributed by atoms with Gasteiger partial charge >= 0.3 is 0 Å². The predicted molar refractivity (Wildman–Crippen MR) is 97.8 cm³/mol. The molecule has 22 heavy (non-hydrogen) atoms. The van der Waals surface area contributed by atoms with E-state index in [0.29, 0.717) is 22.0 Å².